The van der Waals surface area contributed by atoms with Crippen LogP contribution in [0.3, 0.4) is 0 Å². The molecule has 2 amide bonds. The second kappa shape index (κ2) is 8.01. The van der Waals surface area contributed by atoms with Crippen LogP contribution in [0.5, 0.6) is 11.5 Å². The SMILES string of the molecule is O=C(CCc1ccccc1)N1CCN(C(=O)C2CC2c2ccc3c(c2)OCO3)CC1. The quantitative estimate of drug-likeness (QED) is 0.766. The van der Waals surface area contributed by atoms with Crippen LogP contribution < -0.4 is 9.47 Å². The molecule has 2 aromatic rings. The Morgan fingerprint density at radius 2 is 1.63 bits per heavy atom. The van der Waals surface area contributed by atoms with E-state index >= 15 is 0 Å². The molecule has 0 N–H and O–H groups in total. The fraction of sp³-hybridized carbons (Fsp3) is 0.417. The molecule has 0 aromatic heterocycles. The van der Waals surface area contributed by atoms with E-state index in [1.165, 1.54) is 5.56 Å². The zero-order valence-electron chi connectivity index (χ0n) is 17.0. The minimum atomic E-state index is 0.0469. The van der Waals surface area contributed by atoms with Gasteiger partial charge in [-0.3, -0.25) is 9.59 Å². The van der Waals surface area contributed by atoms with Gasteiger partial charge in [-0.25, -0.2) is 0 Å². The van der Waals surface area contributed by atoms with Crippen molar-refractivity contribution in [2.24, 2.45) is 5.92 Å². The van der Waals surface area contributed by atoms with Gasteiger partial charge in [0.2, 0.25) is 18.6 Å². The van der Waals surface area contributed by atoms with Gasteiger partial charge >= 0.3 is 0 Å². The number of benzene rings is 2. The van der Waals surface area contributed by atoms with Crippen LogP contribution in [-0.2, 0) is 16.0 Å². The number of piperazine rings is 1. The van der Waals surface area contributed by atoms with E-state index in [1.807, 2.05) is 46.2 Å². The van der Waals surface area contributed by atoms with E-state index < -0.39 is 0 Å². The number of carbonyl (C=O) groups excluding carboxylic acids is 2. The Bertz CT molecular complexity index is 937. The van der Waals surface area contributed by atoms with Crippen molar-refractivity contribution in [3.8, 4) is 11.5 Å². The van der Waals surface area contributed by atoms with Crippen molar-refractivity contribution < 1.29 is 19.1 Å². The molecule has 1 aliphatic carbocycles. The highest BCUT2D eigenvalue weighted by molar-refractivity contribution is 5.83. The fourth-order valence-electron chi connectivity index (χ4n) is 4.44. The third-order valence-corrected chi connectivity index (χ3v) is 6.35. The molecule has 2 aliphatic heterocycles. The molecule has 156 valence electrons. The van der Waals surface area contributed by atoms with Gasteiger partial charge in [0.15, 0.2) is 11.5 Å². The number of aryl methyl sites for hydroxylation is 1. The van der Waals surface area contributed by atoms with Crippen LogP contribution in [0.15, 0.2) is 48.5 Å². The molecule has 2 aromatic carbocycles. The molecule has 2 fully saturated rings. The molecule has 1 saturated heterocycles. The number of fused-ring (bicyclic) bond motifs is 1. The van der Waals surface area contributed by atoms with Gasteiger partial charge in [0.1, 0.15) is 0 Å². The molecule has 2 atom stereocenters. The summed E-state index contributed by atoms with van der Waals surface area (Å²) in [6, 6.07) is 16.1. The maximum atomic E-state index is 12.9. The minimum absolute atomic E-state index is 0.0469. The van der Waals surface area contributed by atoms with Gasteiger partial charge in [-0.2, -0.15) is 0 Å². The first-order valence-corrected chi connectivity index (χ1v) is 10.7. The average molecular weight is 406 g/mol. The Hall–Kier alpha value is -3.02. The van der Waals surface area contributed by atoms with Crippen molar-refractivity contribution in [1.29, 1.82) is 0 Å². The summed E-state index contributed by atoms with van der Waals surface area (Å²) in [5.74, 6) is 2.25. The largest absolute Gasteiger partial charge is 0.454 e. The molecule has 0 radical (unpaired) electrons. The zero-order chi connectivity index (χ0) is 20.5. The van der Waals surface area contributed by atoms with E-state index in [0.29, 0.717) is 32.6 Å². The minimum Gasteiger partial charge on any atom is -0.454 e. The lowest BCUT2D eigenvalue weighted by Crippen LogP contribution is -2.51. The first-order valence-electron chi connectivity index (χ1n) is 10.7. The summed E-state index contributed by atoms with van der Waals surface area (Å²) in [4.78, 5) is 29.3. The van der Waals surface area contributed by atoms with Crippen LogP contribution >= 0.6 is 0 Å². The van der Waals surface area contributed by atoms with Gasteiger partial charge in [-0.05, 0) is 42.0 Å². The van der Waals surface area contributed by atoms with E-state index in [0.717, 1.165) is 29.9 Å². The standard InChI is InChI=1S/C24H26N2O4/c27-23(9-6-17-4-2-1-3-5-17)25-10-12-26(13-11-25)24(28)20-15-19(20)18-7-8-21-22(14-18)30-16-29-21/h1-5,7-8,14,19-20H,6,9-13,15-16H2. The maximum Gasteiger partial charge on any atom is 0.231 e. The summed E-state index contributed by atoms with van der Waals surface area (Å²) in [7, 11) is 0. The lowest BCUT2D eigenvalue weighted by Gasteiger charge is -2.35. The first kappa shape index (κ1) is 19.0. The second-order valence-corrected chi connectivity index (χ2v) is 8.25. The van der Waals surface area contributed by atoms with Gasteiger partial charge in [-0.15, -0.1) is 0 Å². The van der Waals surface area contributed by atoms with Gasteiger partial charge in [0, 0.05) is 38.5 Å². The molecule has 0 bridgehead atoms. The van der Waals surface area contributed by atoms with Crippen LogP contribution in [0.2, 0.25) is 0 Å². The maximum absolute atomic E-state index is 12.9. The Balaban J connectivity index is 1.10. The van der Waals surface area contributed by atoms with Crippen molar-refractivity contribution in [3.63, 3.8) is 0 Å². The van der Waals surface area contributed by atoms with Gasteiger partial charge in [0.05, 0.1) is 0 Å². The normalized spacial score (nSPS) is 22.1. The Labute approximate surface area is 176 Å². The smallest absolute Gasteiger partial charge is 0.231 e. The van der Waals surface area contributed by atoms with Crippen molar-refractivity contribution in [1.82, 2.24) is 9.80 Å². The molecular weight excluding hydrogens is 380 g/mol. The van der Waals surface area contributed by atoms with Gasteiger partial charge in [0.25, 0.3) is 0 Å². The molecule has 5 rings (SSSR count). The fourth-order valence-corrected chi connectivity index (χ4v) is 4.44. The van der Waals surface area contributed by atoms with Crippen LogP contribution in [0.25, 0.3) is 0 Å². The van der Waals surface area contributed by atoms with Crippen molar-refractivity contribution >= 4 is 11.8 Å². The first-order chi connectivity index (χ1) is 14.7. The molecule has 2 heterocycles. The third kappa shape index (κ3) is 3.86. The number of ether oxygens (including phenoxy) is 2. The van der Waals surface area contributed by atoms with E-state index in [4.69, 9.17) is 9.47 Å². The van der Waals surface area contributed by atoms with E-state index in [2.05, 4.69) is 12.1 Å². The number of hydrogen-bond acceptors (Lipinski definition) is 4. The van der Waals surface area contributed by atoms with Crippen LogP contribution in [0, 0.1) is 5.92 Å². The van der Waals surface area contributed by atoms with Gasteiger partial charge < -0.3 is 19.3 Å². The van der Waals surface area contributed by atoms with E-state index in [1.54, 1.807) is 0 Å². The molecule has 3 aliphatic rings. The lowest BCUT2D eigenvalue weighted by molar-refractivity contribution is -0.140. The number of hydrogen-bond donors (Lipinski definition) is 0. The summed E-state index contributed by atoms with van der Waals surface area (Å²) < 4.78 is 10.8. The summed E-state index contributed by atoms with van der Waals surface area (Å²) in [5, 5.41) is 0. The topological polar surface area (TPSA) is 59.1 Å². The molecule has 6 nitrogen and oxygen atoms in total. The molecule has 2 unspecified atom stereocenters. The van der Waals surface area contributed by atoms with Gasteiger partial charge in [-0.1, -0.05) is 36.4 Å². The zero-order valence-corrected chi connectivity index (χ0v) is 17.0. The van der Waals surface area contributed by atoms with E-state index in [-0.39, 0.29) is 30.4 Å². The number of amides is 2. The van der Waals surface area contributed by atoms with Crippen molar-refractivity contribution in [2.75, 3.05) is 33.0 Å². The second-order valence-electron chi connectivity index (χ2n) is 8.25. The highest BCUT2D eigenvalue weighted by Gasteiger charge is 2.46. The monoisotopic (exact) mass is 406 g/mol. The third-order valence-electron chi connectivity index (χ3n) is 6.35. The summed E-state index contributed by atoms with van der Waals surface area (Å²) in [5.41, 5.74) is 2.33. The summed E-state index contributed by atoms with van der Waals surface area (Å²) in [6.07, 6.45) is 2.17. The van der Waals surface area contributed by atoms with Crippen molar-refractivity contribution in [2.45, 2.75) is 25.2 Å². The summed E-state index contributed by atoms with van der Waals surface area (Å²) >= 11 is 0. The lowest BCUT2D eigenvalue weighted by atomic mass is 10.1. The predicted octanol–water partition coefficient (Wildman–Crippen LogP) is 2.82. The predicted molar refractivity (Wildman–Crippen MR) is 111 cm³/mol. The summed E-state index contributed by atoms with van der Waals surface area (Å²) in [6.45, 7) is 2.77. The Morgan fingerprint density at radius 3 is 2.43 bits per heavy atom. The average Bonchev–Trinajstić information content (AvgIpc) is 3.46. The number of carbonyl (C=O) groups is 2. The molecule has 30 heavy (non-hydrogen) atoms. The Morgan fingerprint density at radius 1 is 0.900 bits per heavy atom. The molecule has 1 saturated carbocycles. The van der Waals surface area contributed by atoms with Crippen LogP contribution in [-0.4, -0.2) is 54.6 Å². The van der Waals surface area contributed by atoms with Crippen LogP contribution in [0.1, 0.15) is 29.9 Å². The molecule has 6 heteroatoms. The Kier molecular flexibility index (Phi) is 5.07. The van der Waals surface area contributed by atoms with E-state index in [9.17, 15) is 9.59 Å². The highest BCUT2D eigenvalue weighted by atomic mass is 16.7. The highest BCUT2D eigenvalue weighted by Crippen LogP contribution is 2.50. The molecular formula is C24H26N2O4. The molecule has 0 spiro atoms. The van der Waals surface area contributed by atoms with Crippen molar-refractivity contribution in [3.05, 3.63) is 59.7 Å². The number of nitrogens with zero attached hydrogens (tertiary/aromatic N) is 2. The van der Waals surface area contributed by atoms with Crippen LogP contribution in [0.4, 0.5) is 0 Å². The number of rotatable bonds is 5.